The molecule has 1 heterocycles. The highest BCUT2D eigenvalue weighted by Crippen LogP contribution is 2.38. The number of aromatic nitrogens is 2. The monoisotopic (exact) mass is 281 g/mol. The normalized spacial score (nSPS) is 15.0. The molecule has 1 aliphatic rings. The van der Waals surface area contributed by atoms with Gasteiger partial charge in [-0.05, 0) is 43.7 Å². The second-order valence-electron chi connectivity index (χ2n) is 6.00. The minimum Gasteiger partial charge on any atom is -0.383 e. The zero-order valence-electron chi connectivity index (χ0n) is 12.9. The topological polar surface area (TPSA) is 51.8 Å². The van der Waals surface area contributed by atoms with Gasteiger partial charge in [0.2, 0.25) is 0 Å². The van der Waals surface area contributed by atoms with Crippen molar-refractivity contribution in [1.29, 1.82) is 0 Å². The maximum atomic E-state index is 6.07. The van der Waals surface area contributed by atoms with Crippen molar-refractivity contribution in [3.63, 3.8) is 0 Å². The summed E-state index contributed by atoms with van der Waals surface area (Å²) in [5, 5.41) is 0. The van der Waals surface area contributed by atoms with E-state index in [1.54, 1.807) is 0 Å². The quantitative estimate of drug-likeness (QED) is 0.911. The van der Waals surface area contributed by atoms with Crippen LogP contribution in [0.4, 0.5) is 5.82 Å². The molecule has 3 nitrogen and oxygen atoms in total. The summed E-state index contributed by atoms with van der Waals surface area (Å²) in [7, 11) is 0. The van der Waals surface area contributed by atoms with Gasteiger partial charge in [0, 0.05) is 17.5 Å². The Morgan fingerprint density at radius 3 is 2.71 bits per heavy atom. The van der Waals surface area contributed by atoms with Gasteiger partial charge in [0.15, 0.2) is 0 Å². The number of hydrogen-bond acceptors (Lipinski definition) is 3. The molecule has 0 atom stereocenters. The number of benzene rings is 1. The first kappa shape index (κ1) is 14.1. The maximum Gasteiger partial charge on any atom is 0.131 e. The molecule has 0 spiro atoms. The first-order chi connectivity index (χ1) is 10.2. The number of nitrogens with two attached hydrogens (primary N) is 1. The largest absolute Gasteiger partial charge is 0.383 e. The van der Waals surface area contributed by atoms with Gasteiger partial charge in [-0.3, -0.25) is 0 Å². The Labute approximate surface area is 126 Å². The molecule has 2 N–H and O–H groups in total. The molecule has 1 aliphatic carbocycles. The van der Waals surface area contributed by atoms with E-state index < -0.39 is 0 Å². The van der Waals surface area contributed by atoms with Crippen LogP contribution in [-0.4, -0.2) is 9.97 Å². The number of nitrogens with zero attached hydrogens (tertiary/aromatic N) is 2. The number of rotatable bonds is 4. The Bertz CT molecular complexity index is 645. The van der Waals surface area contributed by atoms with Gasteiger partial charge in [-0.2, -0.15) is 0 Å². The fourth-order valence-electron chi connectivity index (χ4n) is 2.88. The summed E-state index contributed by atoms with van der Waals surface area (Å²) < 4.78 is 0. The van der Waals surface area contributed by atoms with Crippen LogP contribution < -0.4 is 5.73 Å². The molecule has 1 aromatic carbocycles. The van der Waals surface area contributed by atoms with E-state index in [9.17, 15) is 0 Å². The summed E-state index contributed by atoms with van der Waals surface area (Å²) in [5.74, 6) is 2.20. The van der Waals surface area contributed by atoms with Gasteiger partial charge in [0.05, 0.1) is 5.69 Å². The van der Waals surface area contributed by atoms with Gasteiger partial charge < -0.3 is 5.73 Å². The zero-order chi connectivity index (χ0) is 14.8. The van der Waals surface area contributed by atoms with Crippen molar-refractivity contribution >= 4 is 5.82 Å². The minimum absolute atomic E-state index is 0.609. The number of anilines is 1. The number of aryl methyl sites for hydroxylation is 1. The second-order valence-corrected chi connectivity index (χ2v) is 6.00. The van der Waals surface area contributed by atoms with E-state index in [1.165, 1.54) is 30.4 Å². The predicted molar refractivity (Wildman–Crippen MR) is 87.2 cm³/mol. The van der Waals surface area contributed by atoms with Gasteiger partial charge >= 0.3 is 0 Å². The molecular weight excluding hydrogens is 258 g/mol. The van der Waals surface area contributed by atoms with E-state index in [0.29, 0.717) is 5.82 Å². The lowest BCUT2D eigenvalue weighted by Crippen LogP contribution is -2.09. The smallest absolute Gasteiger partial charge is 0.131 e. The third-order valence-electron chi connectivity index (χ3n) is 4.44. The maximum absolute atomic E-state index is 6.07. The van der Waals surface area contributed by atoms with Gasteiger partial charge in [-0.25, -0.2) is 9.97 Å². The van der Waals surface area contributed by atoms with Gasteiger partial charge in [0.1, 0.15) is 11.6 Å². The molecule has 1 aromatic heterocycles. The second kappa shape index (κ2) is 5.84. The number of hydrogen-bond donors (Lipinski definition) is 1. The lowest BCUT2D eigenvalue weighted by atomic mass is 9.79. The van der Waals surface area contributed by atoms with Crippen LogP contribution in [0, 0.1) is 6.92 Å². The van der Waals surface area contributed by atoms with Crippen molar-refractivity contribution in [2.45, 2.75) is 51.9 Å². The summed E-state index contributed by atoms with van der Waals surface area (Å²) in [6.45, 7) is 4.15. The summed E-state index contributed by atoms with van der Waals surface area (Å²) in [6, 6.07) is 8.79. The average Bonchev–Trinajstić information content (AvgIpc) is 2.41. The Balaban J connectivity index is 2.02. The van der Waals surface area contributed by atoms with Crippen molar-refractivity contribution in [3.05, 3.63) is 41.2 Å². The highest BCUT2D eigenvalue weighted by molar-refractivity contribution is 5.68. The standard InChI is InChI=1S/C18H23N3/c1-3-6-16-20-17(12(2)18(19)21-16)15-10-5-9-14(11-15)13-7-4-8-13/h5,9-11,13H,3-4,6-8H2,1-2H3,(H2,19,20,21). The Morgan fingerprint density at radius 2 is 2.05 bits per heavy atom. The lowest BCUT2D eigenvalue weighted by Gasteiger charge is -2.26. The molecular formula is C18H23N3. The minimum atomic E-state index is 0.609. The van der Waals surface area contributed by atoms with Crippen LogP contribution in [0.3, 0.4) is 0 Å². The van der Waals surface area contributed by atoms with Crippen LogP contribution in [-0.2, 0) is 6.42 Å². The molecule has 0 amide bonds. The zero-order valence-corrected chi connectivity index (χ0v) is 12.9. The third-order valence-corrected chi connectivity index (χ3v) is 4.44. The third kappa shape index (κ3) is 2.78. The molecule has 0 unspecified atom stereocenters. The Hall–Kier alpha value is -1.90. The molecule has 0 radical (unpaired) electrons. The van der Waals surface area contributed by atoms with E-state index in [4.69, 9.17) is 10.7 Å². The molecule has 3 heteroatoms. The molecule has 0 saturated heterocycles. The van der Waals surface area contributed by atoms with Gasteiger partial charge in [0.25, 0.3) is 0 Å². The van der Waals surface area contributed by atoms with E-state index >= 15 is 0 Å². The molecule has 21 heavy (non-hydrogen) atoms. The highest BCUT2D eigenvalue weighted by Gasteiger charge is 2.20. The molecule has 1 fully saturated rings. The Kier molecular flexibility index (Phi) is 3.91. The fourth-order valence-corrected chi connectivity index (χ4v) is 2.88. The molecule has 2 aromatic rings. The summed E-state index contributed by atoms with van der Waals surface area (Å²) in [6.07, 6.45) is 5.89. The molecule has 110 valence electrons. The van der Waals surface area contributed by atoms with E-state index in [0.717, 1.165) is 35.8 Å². The van der Waals surface area contributed by atoms with E-state index in [-0.39, 0.29) is 0 Å². The average molecular weight is 281 g/mol. The predicted octanol–water partition coefficient (Wildman–Crippen LogP) is 4.25. The molecule has 0 bridgehead atoms. The molecule has 1 saturated carbocycles. The highest BCUT2D eigenvalue weighted by atomic mass is 15.0. The van der Waals surface area contributed by atoms with Crippen LogP contribution >= 0.6 is 0 Å². The van der Waals surface area contributed by atoms with Crippen LogP contribution in [0.15, 0.2) is 24.3 Å². The summed E-state index contributed by atoms with van der Waals surface area (Å²) >= 11 is 0. The van der Waals surface area contributed by atoms with Crippen molar-refractivity contribution in [3.8, 4) is 11.3 Å². The summed E-state index contributed by atoms with van der Waals surface area (Å²) in [4.78, 5) is 9.15. The lowest BCUT2D eigenvalue weighted by molar-refractivity contribution is 0.420. The number of nitrogen functional groups attached to an aromatic ring is 1. The van der Waals surface area contributed by atoms with Crippen molar-refractivity contribution in [2.75, 3.05) is 5.73 Å². The van der Waals surface area contributed by atoms with E-state index in [2.05, 4.69) is 36.2 Å². The van der Waals surface area contributed by atoms with Gasteiger partial charge in [-0.15, -0.1) is 0 Å². The van der Waals surface area contributed by atoms with Crippen LogP contribution in [0.1, 0.15) is 55.5 Å². The van der Waals surface area contributed by atoms with Crippen LogP contribution in [0.2, 0.25) is 0 Å². The SMILES string of the molecule is CCCc1nc(N)c(C)c(-c2cccc(C3CCC3)c2)n1. The van der Waals surface area contributed by atoms with Crippen molar-refractivity contribution in [1.82, 2.24) is 9.97 Å². The Morgan fingerprint density at radius 1 is 1.24 bits per heavy atom. The molecule has 0 aliphatic heterocycles. The first-order valence-electron chi connectivity index (χ1n) is 7.92. The van der Waals surface area contributed by atoms with Crippen molar-refractivity contribution in [2.24, 2.45) is 0 Å². The van der Waals surface area contributed by atoms with Crippen molar-refractivity contribution < 1.29 is 0 Å². The first-order valence-corrected chi connectivity index (χ1v) is 7.92. The fraction of sp³-hybridized carbons (Fsp3) is 0.444. The van der Waals surface area contributed by atoms with Crippen LogP contribution in [0.25, 0.3) is 11.3 Å². The van der Waals surface area contributed by atoms with E-state index in [1.807, 2.05) is 6.92 Å². The van der Waals surface area contributed by atoms with Crippen LogP contribution in [0.5, 0.6) is 0 Å². The molecule has 3 rings (SSSR count). The van der Waals surface area contributed by atoms with Gasteiger partial charge in [-0.1, -0.05) is 31.5 Å². The summed E-state index contributed by atoms with van der Waals surface area (Å²) in [5.41, 5.74) is 10.7.